The highest BCUT2D eigenvalue weighted by Gasteiger charge is 2.02. The van der Waals surface area contributed by atoms with Gasteiger partial charge in [0.05, 0.1) is 0 Å². The highest BCUT2D eigenvalue weighted by Crippen LogP contribution is 2.13. The molecule has 4 heteroatoms. The van der Waals surface area contributed by atoms with E-state index in [-0.39, 0.29) is 0 Å². The minimum absolute atomic E-state index is 0.522. The Hall–Kier alpha value is -0.930. The van der Waals surface area contributed by atoms with Crippen molar-refractivity contribution in [2.24, 2.45) is 0 Å². The van der Waals surface area contributed by atoms with Crippen LogP contribution < -0.4 is 0 Å². The predicted octanol–water partition coefficient (Wildman–Crippen LogP) is 3.29. The van der Waals surface area contributed by atoms with Gasteiger partial charge in [-0.25, -0.2) is 4.98 Å². The lowest BCUT2D eigenvalue weighted by Crippen LogP contribution is -1.93. The van der Waals surface area contributed by atoms with Crippen LogP contribution >= 0.6 is 23.1 Å². The maximum Gasteiger partial charge on any atom is 0.203 e. The molecule has 0 saturated heterocycles. The Labute approximate surface area is 98.1 Å². The van der Waals surface area contributed by atoms with Crippen molar-refractivity contribution >= 4 is 23.1 Å². The number of aryl methyl sites for hydroxylation is 3. The minimum atomic E-state index is 0.522. The first-order valence-electron chi connectivity index (χ1n) is 4.77. The average molecular weight is 239 g/mol. The van der Waals surface area contributed by atoms with Gasteiger partial charge in [-0.05, 0) is 42.0 Å². The van der Waals surface area contributed by atoms with Crippen LogP contribution in [0.25, 0.3) is 0 Å². The molecule has 0 bridgehead atoms. The molecule has 2 nitrogen and oxygen atoms in total. The van der Waals surface area contributed by atoms with Crippen molar-refractivity contribution < 1.29 is 0 Å². The lowest BCUT2D eigenvalue weighted by molar-refractivity contribution is 0.889. The topological polar surface area (TPSA) is 25.8 Å². The van der Waals surface area contributed by atoms with Crippen LogP contribution in [0.3, 0.4) is 0 Å². The Balaban J connectivity index is 1.99. The zero-order valence-electron chi connectivity index (χ0n) is 8.40. The van der Waals surface area contributed by atoms with E-state index in [0.29, 0.717) is 4.47 Å². The number of hydrogen-bond donors (Lipinski definition) is 0. The molecule has 0 fully saturated rings. The predicted molar refractivity (Wildman–Crippen MR) is 63.5 cm³/mol. The summed E-state index contributed by atoms with van der Waals surface area (Å²) >= 11 is 6.96. The maximum absolute atomic E-state index is 5.71. The Morgan fingerprint density at radius 1 is 1.33 bits per heavy atom. The van der Waals surface area contributed by atoms with E-state index in [2.05, 4.69) is 40.5 Å². The van der Waals surface area contributed by atoms with Gasteiger partial charge in [-0.15, -0.1) is 0 Å². The lowest BCUT2D eigenvalue weighted by Gasteiger charge is -1.99. The van der Waals surface area contributed by atoms with Gasteiger partial charge in [-0.3, -0.25) is 0 Å². The van der Waals surface area contributed by atoms with E-state index < -0.39 is 0 Å². The fourth-order valence-corrected chi connectivity index (χ4v) is 2.12. The third-order valence-electron chi connectivity index (χ3n) is 2.16. The van der Waals surface area contributed by atoms with Crippen molar-refractivity contribution in [2.45, 2.75) is 19.8 Å². The summed E-state index contributed by atoms with van der Waals surface area (Å²) in [6.07, 6.45) is 1.82. The molecule has 0 N–H and O–H groups in total. The van der Waals surface area contributed by atoms with Crippen molar-refractivity contribution in [1.29, 1.82) is 0 Å². The summed E-state index contributed by atoms with van der Waals surface area (Å²) in [4.78, 5) is 4.12. The zero-order chi connectivity index (χ0) is 10.7. The fourth-order valence-electron chi connectivity index (χ4n) is 1.46. The molecule has 0 atom stereocenters. The van der Waals surface area contributed by atoms with Gasteiger partial charge in [0, 0.05) is 6.42 Å². The second-order valence-corrected chi connectivity index (χ2v) is 4.79. The third-order valence-corrected chi connectivity index (χ3v) is 3.00. The molecule has 0 aliphatic heterocycles. The molecule has 1 heterocycles. The van der Waals surface area contributed by atoms with Crippen LogP contribution in [0.5, 0.6) is 0 Å². The van der Waals surface area contributed by atoms with Gasteiger partial charge in [0.1, 0.15) is 5.82 Å². The van der Waals surface area contributed by atoms with Crippen LogP contribution in [0.4, 0.5) is 0 Å². The van der Waals surface area contributed by atoms with Crippen LogP contribution in [0.15, 0.2) is 24.3 Å². The summed E-state index contributed by atoms with van der Waals surface area (Å²) in [7, 11) is 0. The number of rotatable bonds is 3. The van der Waals surface area contributed by atoms with Crippen molar-refractivity contribution in [2.75, 3.05) is 0 Å². The first-order valence-corrected chi connectivity index (χ1v) is 5.93. The van der Waals surface area contributed by atoms with Crippen LogP contribution in [0, 0.1) is 6.92 Å². The first-order chi connectivity index (χ1) is 7.24. The van der Waals surface area contributed by atoms with Gasteiger partial charge >= 0.3 is 0 Å². The van der Waals surface area contributed by atoms with Gasteiger partial charge in [-0.2, -0.15) is 4.37 Å². The van der Waals surface area contributed by atoms with E-state index in [1.165, 1.54) is 22.7 Å². The van der Waals surface area contributed by atoms with Gasteiger partial charge in [0.15, 0.2) is 0 Å². The molecule has 0 spiro atoms. The molecule has 78 valence electrons. The van der Waals surface area contributed by atoms with E-state index in [1.807, 2.05) is 0 Å². The Bertz CT molecular complexity index is 453. The molecular formula is C11H11ClN2S. The van der Waals surface area contributed by atoms with Crippen molar-refractivity contribution in [3.63, 3.8) is 0 Å². The molecule has 0 radical (unpaired) electrons. The highest BCUT2D eigenvalue weighted by molar-refractivity contribution is 7.10. The molecule has 2 aromatic rings. The summed E-state index contributed by atoms with van der Waals surface area (Å²) in [6, 6.07) is 8.49. The van der Waals surface area contributed by atoms with E-state index in [1.54, 1.807) is 0 Å². The minimum Gasteiger partial charge on any atom is -0.208 e. The Morgan fingerprint density at radius 2 is 2.20 bits per heavy atom. The maximum atomic E-state index is 5.71. The SMILES string of the molecule is Cc1cccc(CCc2nsc(Cl)n2)c1. The van der Waals surface area contributed by atoms with E-state index in [4.69, 9.17) is 11.6 Å². The fraction of sp³-hybridized carbons (Fsp3) is 0.273. The quantitative estimate of drug-likeness (QED) is 0.820. The van der Waals surface area contributed by atoms with Crippen LogP contribution in [-0.2, 0) is 12.8 Å². The molecule has 0 aliphatic carbocycles. The highest BCUT2D eigenvalue weighted by atomic mass is 35.5. The van der Waals surface area contributed by atoms with Gasteiger partial charge in [0.2, 0.25) is 4.47 Å². The van der Waals surface area contributed by atoms with Crippen molar-refractivity contribution in [3.05, 3.63) is 45.7 Å². The van der Waals surface area contributed by atoms with Gasteiger partial charge in [-0.1, -0.05) is 29.8 Å². The summed E-state index contributed by atoms with van der Waals surface area (Å²) in [6.45, 7) is 2.10. The summed E-state index contributed by atoms with van der Waals surface area (Å²) < 4.78 is 4.67. The molecule has 0 unspecified atom stereocenters. The van der Waals surface area contributed by atoms with E-state index in [0.717, 1.165) is 18.7 Å². The van der Waals surface area contributed by atoms with E-state index in [9.17, 15) is 0 Å². The summed E-state index contributed by atoms with van der Waals surface area (Å²) in [5, 5.41) is 0. The first kappa shape index (κ1) is 10.6. The summed E-state index contributed by atoms with van der Waals surface area (Å²) in [5.74, 6) is 0.839. The second kappa shape index (κ2) is 4.73. The molecule has 15 heavy (non-hydrogen) atoms. The largest absolute Gasteiger partial charge is 0.208 e. The molecule has 0 aliphatic rings. The number of halogens is 1. The summed E-state index contributed by atoms with van der Waals surface area (Å²) in [5.41, 5.74) is 2.61. The smallest absolute Gasteiger partial charge is 0.203 e. The Kier molecular flexibility index (Phi) is 3.34. The zero-order valence-corrected chi connectivity index (χ0v) is 9.98. The molecule has 0 saturated carbocycles. The number of aromatic nitrogens is 2. The van der Waals surface area contributed by atoms with Crippen LogP contribution in [0.1, 0.15) is 17.0 Å². The number of hydrogen-bond acceptors (Lipinski definition) is 3. The van der Waals surface area contributed by atoms with Crippen LogP contribution in [0.2, 0.25) is 4.47 Å². The van der Waals surface area contributed by atoms with Gasteiger partial charge in [0.25, 0.3) is 0 Å². The molecular weight excluding hydrogens is 228 g/mol. The monoisotopic (exact) mass is 238 g/mol. The van der Waals surface area contributed by atoms with Crippen molar-refractivity contribution in [1.82, 2.24) is 9.36 Å². The molecule has 1 aromatic heterocycles. The second-order valence-electron chi connectivity index (χ2n) is 3.45. The Morgan fingerprint density at radius 3 is 2.87 bits per heavy atom. The normalized spacial score (nSPS) is 10.5. The molecule has 1 aromatic carbocycles. The average Bonchev–Trinajstić information content (AvgIpc) is 2.62. The van der Waals surface area contributed by atoms with Crippen LogP contribution in [-0.4, -0.2) is 9.36 Å². The molecule has 2 rings (SSSR count). The van der Waals surface area contributed by atoms with Gasteiger partial charge < -0.3 is 0 Å². The van der Waals surface area contributed by atoms with Crippen molar-refractivity contribution in [3.8, 4) is 0 Å². The number of nitrogens with zero attached hydrogens (tertiary/aromatic N) is 2. The number of benzene rings is 1. The molecule has 0 amide bonds. The van der Waals surface area contributed by atoms with E-state index >= 15 is 0 Å². The third kappa shape index (κ3) is 3.01. The standard InChI is InChI=1S/C11H11ClN2S/c1-8-3-2-4-9(7-8)5-6-10-13-11(12)15-14-10/h2-4,7H,5-6H2,1H3. The lowest BCUT2D eigenvalue weighted by atomic mass is 10.1.